The van der Waals surface area contributed by atoms with Gasteiger partial charge in [-0.3, -0.25) is 4.98 Å². The maximum absolute atomic E-state index is 12.5. The van der Waals surface area contributed by atoms with Gasteiger partial charge in [-0.25, -0.2) is 4.79 Å². The van der Waals surface area contributed by atoms with Crippen LogP contribution in [0.5, 0.6) is 0 Å². The standard InChI is InChI=1S/C17H27N3O2/c1-6-22-15-11-14(17(15,3)4)19-16(21)20(5)12(2)13-7-9-18-10-8-13/h7-10,12,14-15H,6,11H2,1-5H3,(H,19,21)/t12-,14+,15-/m1/s1. The molecule has 0 aliphatic heterocycles. The number of nitrogens with one attached hydrogen (secondary N) is 1. The summed E-state index contributed by atoms with van der Waals surface area (Å²) in [7, 11) is 1.83. The third-order valence-electron chi connectivity index (χ3n) is 4.93. The quantitative estimate of drug-likeness (QED) is 0.910. The number of nitrogens with zero attached hydrogens (tertiary/aromatic N) is 2. The molecule has 1 N–H and O–H groups in total. The van der Waals surface area contributed by atoms with Gasteiger partial charge in [0.2, 0.25) is 0 Å². The highest BCUT2D eigenvalue weighted by Gasteiger charge is 2.49. The Morgan fingerprint density at radius 3 is 2.68 bits per heavy atom. The maximum Gasteiger partial charge on any atom is 0.317 e. The summed E-state index contributed by atoms with van der Waals surface area (Å²) >= 11 is 0. The summed E-state index contributed by atoms with van der Waals surface area (Å²) in [6.45, 7) is 9.03. The molecule has 3 atom stereocenters. The van der Waals surface area contributed by atoms with Crippen molar-refractivity contribution >= 4 is 6.03 Å². The van der Waals surface area contributed by atoms with Gasteiger partial charge in [-0.05, 0) is 38.0 Å². The predicted molar refractivity (Wildman–Crippen MR) is 86.5 cm³/mol. The van der Waals surface area contributed by atoms with Gasteiger partial charge in [-0.2, -0.15) is 0 Å². The van der Waals surface area contributed by atoms with Crippen molar-refractivity contribution in [3.63, 3.8) is 0 Å². The second-order valence-electron chi connectivity index (χ2n) is 6.57. The number of amides is 2. The van der Waals surface area contributed by atoms with E-state index in [0.717, 1.165) is 12.0 Å². The summed E-state index contributed by atoms with van der Waals surface area (Å²) in [5.74, 6) is 0. The minimum Gasteiger partial charge on any atom is -0.378 e. The maximum atomic E-state index is 12.5. The molecule has 0 bridgehead atoms. The molecule has 1 saturated carbocycles. The summed E-state index contributed by atoms with van der Waals surface area (Å²) in [5.41, 5.74) is 1.06. The summed E-state index contributed by atoms with van der Waals surface area (Å²) < 4.78 is 5.71. The van der Waals surface area contributed by atoms with E-state index < -0.39 is 0 Å². The lowest BCUT2D eigenvalue weighted by atomic mass is 9.64. The molecule has 0 radical (unpaired) electrons. The van der Waals surface area contributed by atoms with Crippen LogP contribution >= 0.6 is 0 Å². The second kappa shape index (κ2) is 6.65. The number of hydrogen-bond donors (Lipinski definition) is 1. The van der Waals surface area contributed by atoms with Crippen molar-refractivity contribution in [2.45, 2.75) is 52.3 Å². The van der Waals surface area contributed by atoms with Crippen LogP contribution in [0.4, 0.5) is 4.79 Å². The molecule has 1 aliphatic carbocycles. The van der Waals surface area contributed by atoms with Gasteiger partial charge < -0.3 is 15.0 Å². The third kappa shape index (κ3) is 3.24. The first-order chi connectivity index (χ1) is 10.4. The van der Waals surface area contributed by atoms with Gasteiger partial charge in [0.25, 0.3) is 0 Å². The second-order valence-corrected chi connectivity index (χ2v) is 6.57. The van der Waals surface area contributed by atoms with Gasteiger partial charge in [0.1, 0.15) is 0 Å². The fourth-order valence-electron chi connectivity index (χ4n) is 2.91. The zero-order chi connectivity index (χ0) is 16.3. The van der Waals surface area contributed by atoms with E-state index in [4.69, 9.17) is 4.74 Å². The van der Waals surface area contributed by atoms with Crippen molar-refractivity contribution in [1.82, 2.24) is 15.2 Å². The lowest BCUT2D eigenvalue weighted by molar-refractivity contribution is -0.111. The lowest BCUT2D eigenvalue weighted by Crippen LogP contribution is -2.63. The molecule has 122 valence electrons. The molecular formula is C17H27N3O2. The van der Waals surface area contributed by atoms with E-state index >= 15 is 0 Å². The number of hydrogen-bond acceptors (Lipinski definition) is 3. The summed E-state index contributed by atoms with van der Waals surface area (Å²) in [6, 6.07) is 3.99. The number of urea groups is 1. The molecule has 1 aromatic rings. The van der Waals surface area contributed by atoms with Crippen LogP contribution < -0.4 is 5.32 Å². The van der Waals surface area contributed by atoms with E-state index in [-0.39, 0.29) is 29.6 Å². The summed E-state index contributed by atoms with van der Waals surface area (Å²) in [6.07, 6.45) is 4.61. The molecular weight excluding hydrogens is 278 g/mol. The minimum absolute atomic E-state index is 0.00822. The minimum atomic E-state index is -0.0441. The molecule has 5 heteroatoms. The Morgan fingerprint density at radius 1 is 1.50 bits per heavy atom. The molecule has 1 heterocycles. The Balaban J connectivity index is 1.93. The van der Waals surface area contributed by atoms with E-state index in [2.05, 4.69) is 24.1 Å². The van der Waals surface area contributed by atoms with Gasteiger partial charge >= 0.3 is 6.03 Å². The monoisotopic (exact) mass is 305 g/mol. The zero-order valence-corrected chi connectivity index (χ0v) is 14.2. The smallest absolute Gasteiger partial charge is 0.317 e. The van der Waals surface area contributed by atoms with Gasteiger partial charge in [0.15, 0.2) is 0 Å². The van der Waals surface area contributed by atoms with Gasteiger partial charge in [-0.1, -0.05) is 13.8 Å². The van der Waals surface area contributed by atoms with Crippen molar-refractivity contribution in [3.05, 3.63) is 30.1 Å². The fraction of sp³-hybridized carbons (Fsp3) is 0.647. The molecule has 0 saturated heterocycles. The Bertz CT molecular complexity index is 504. The van der Waals surface area contributed by atoms with Crippen LogP contribution in [-0.2, 0) is 4.74 Å². The van der Waals surface area contributed by atoms with Crippen LogP contribution in [0.1, 0.15) is 45.7 Å². The largest absolute Gasteiger partial charge is 0.378 e. The van der Waals surface area contributed by atoms with Crippen LogP contribution in [0.25, 0.3) is 0 Å². The van der Waals surface area contributed by atoms with Crippen molar-refractivity contribution in [3.8, 4) is 0 Å². The van der Waals surface area contributed by atoms with E-state index in [9.17, 15) is 4.79 Å². The van der Waals surface area contributed by atoms with Crippen molar-refractivity contribution in [2.75, 3.05) is 13.7 Å². The Hall–Kier alpha value is -1.62. The average Bonchev–Trinajstić information content (AvgIpc) is 2.53. The van der Waals surface area contributed by atoms with E-state index in [1.165, 1.54) is 0 Å². The SMILES string of the molecule is CCO[C@@H]1C[C@H](NC(=O)N(C)[C@H](C)c2ccncc2)C1(C)C. The van der Waals surface area contributed by atoms with Crippen molar-refractivity contribution in [1.29, 1.82) is 0 Å². The highest BCUT2D eigenvalue weighted by atomic mass is 16.5. The first-order valence-electron chi connectivity index (χ1n) is 7.92. The van der Waals surface area contributed by atoms with Gasteiger partial charge in [0, 0.05) is 37.5 Å². The van der Waals surface area contributed by atoms with Crippen LogP contribution in [0.2, 0.25) is 0 Å². The number of rotatable bonds is 5. The fourth-order valence-corrected chi connectivity index (χ4v) is 2.91. The molecule has 0 unspecified atom stereocenters. The van der Waals surface area contributed by atoms with Gasteiger partial charge in [0.05, 0.1) is 12.1 Å². The number of carbonyl (C=O) groups is 1. The van der Waals surface area contributed by atoms with E-state index in [0.29, 0.717) is 6.61 Å². The normalized spacial score (nSPS) is 24.2. The van der Waals surface area contributed by atoms with Gasteiger partial charge in [-0.15, -0.1) is 0 Å². The van der Waals surface area contributed by atoms with Crippen LogP contribution in [-0.4, -0.2) is 41.7 Å². The molecule has 0 spiro atoms. The molecule has 5 nitrogen and oxygen atoms in total. The molecule has 1 aromatic heterocycles. The third-order valence-corrected chi connectivity index (χ3v) is 4.93. The van der Waals surface area contributed by atoms with Crippen molar-refractivity contribution < 1.29 is 9.53 Å². The number of carbonyl (C=O) groups excluding carboxylic acids is 1. The van der Waals surface area contributed by atoms with E-state index in [1.807, 2.05) is 33.0 Å². The molecule has 1 fully saturated rings. The predicted octanol–water partition coefficient (Wildman–Crippen LogP) is 2.99. The molecule has 0 aromatic carbocycles. The molecule has 2 amide bonds. The lowest BCUT2D eigenvalue weighted by Gasteiger charge is -2.52. The number of aromatic nitrogens is 1. The molecule has 1 aliphatic rings. The molecule has 2 rings (SSSR count). The summed E-state index contributed by atoms with van der Waals surface area (Å²) in [5, 5.41) is 3.14. The Kier molecular flexibility index (Phi) is 5.06. The van der Waals surface area contributed by atoms with Crippen LogP contribution in [0, 0.1) is 5.41 Å². The Morgan fingerprint density at radius 2 is 2.14 bits per heavy atom. The summed E-state index contributed by atoms with van der Waals surface area (Å²) in [4.78, 5) is 18.2. The highest BCUT2D eigenvalue weighted by Crippen LogP contribution is 2.42. The first kappa shape index (κ1) is 16.7. The van der Waals surface area contributed by atoms with E-state index in [1.54, 1.807) is 17.3 Å². The van der Waals surface area contributed by atoms with Crippen LogP contribution in [0.3, 0.4) is 0 Å². The topological polar surface area (TPSA) is 54.5 Å². The Labute approximate surface area is 133 Å². The molecule has 22 heavy (non-hydrogen) atoms. The average molecular weight is 305 g/mol. The van der Waals surface area contributed by atoms with Crippen LogP contribution in [0.15, 0.2) is 24.5 Å². The van der Waals surface area contributed by atoms with Crippen molar-refractivity contribution in [2.24, 2.45) is 5.41 Å². The number of pyridine rings is 1. The highest BCUT2D eigenvalue weighted by molar-refractivity contribution is 5.75. The zero-order valence-electron chi connectivity index (χ0n) is 14.2. The first-order valence-corrected chi connectivity index (χ1v) is 7.92. The number of ether oxygens (including phenoxy) is 1.